The van der Waals surface area contributed by atoms with Crippen molar-refractivity contribution in [3.8, 4) is 5.75 Å². The van der Waals surface area contributed by atoms with Gasteiger partial charge >= 0.3 is 5.97 Å². The molecule has 1 aliphatic heterocycles. The summed E-state index contributed by atoms with van der Waals surface area (Å²) in [6.45, 7) is 4.89. The van der Waals surface area contributed by atoms with Gasteiger partial charge in [0.05, 0.1) is 11.4 Å². The SMILES string of the molecule is Cc1ccc(C)c(OCC(=O)OCC(=O)N2c3ccccc3NC(=O)C[C@H]2C)c1. The zero-order valence-electron chi connectivity index (χ0n) is 16.7. The Kier molecular flexibility index (Phi) is 6.16. The maximum Gasteiger partial charge on any atom is 0.344 e. The summed E-state index contributed by atoms with van der Waals surface area (Å²) in [5.74, 6) is -0.599. The van der Waals surface area contributed by atoms with E-state index in [9.17, 15) is 14.4 Å². The molecule has 1 N–H and O–H groups in total. The van der Waals surface area contributed by atoms with Crippen molar-refractivity contribution in [3.63, 3.8) is 0 Å². The van der Waals surface area contributed by atoms with E-state index in [1.165, 1.54) is 4.90 Å². The lowest BCUT2D eigenvalue weighted by Crippen LogP contribution is -2.41. The highest BCUT2D eigenvalue weighted by molar-refractivity contribution is 6.05. The fourth-order valence-electron chi connectivity index (χ4n) is 3.22. The highest BCUT2D eigenvalue weighted by Crippen LogP contribution is 2.31. The lowest BCUT2D eigenvalue weighted by Gasteiger charge is -2.27. The number of amides is 2. The topological polar surface area (TPSA) is 84.9 Å². The average Bonchev–Trinajstić information content (AvgIpc) is 2.81. The minimum absolute atomic E-state index is 0.157. The Morgan fingerprint density at radius 3 is 2.69 bits per heavy atom. The van der Waals surface area contributed by atoms with E-state index in [0.29, 0.717) is 17.1 Å². The zero-order chi connectivity index (χ0) is 21.0. The van der Waals surface area contributed by atoms with Crippen molar-refractivity contribution in [1.82, 2.24) is 0 Å². The number of hydrogen-bond acceptors (Lipinski definition) is 5. The smallest absolute Gasteiger partial charge is 0.344 e. The van der Waals surface area contributed by atoms with Crippen molar-refractivity contribution >= 4 is 29.2 Å². The summed E-state index contributed by atoms with van der Waals surface area (Å²) in [7, 11) is 0. The normalized spacial score (nSPS) is 15.8. The van der Waals surface area contributed by atoms with Crippen molar-refractivity contribution in [3.05, 3.63) is 53.6 Å². The number of anilines is 2. The van der Waals surface area contributed by atoms with E-state index in [1.807, 2.05) is 32.0 Å². The minimum Gasteiger partial charge on any atom is -0.482 e. The van der Waals surface area contributed by atoms with Crippen molar-refractivity contribution < 1.29 is 23.9 Å². The third-order valence-corrected chi connectivity index (χ3v) is 4.67. The summed E-state index contributed by atoms with van der Waals surface area (Å²) < 4.78 is 10.6. The van der Waals surface area contributed by atoms with E-state index in [-0.39, 0.29) is 25.0 Å². The third-order valence-electron chi connectivity index (χ3n) is 4.67. The lowest BCUT2D eigenvalue weighted by molar-refractivity contribution is -0.150. The van der Waals surface area contributed by atoms with Gasteiger partial charge < -0.3 is 19.7 Å². The summed E-state index contributed by atoms with van der Waals surface area (Å²) in [5.41, 5.74) is 3.07. The van der Waals surface area contributed by atoms with E-state index in [1.54, 1.807) is 31.2 Å². The fourth-order valence-corrected chi connectivity index (χ4v) is 3.22. The first kappa shape index (κ1) is 20.4. The molecule has 7 heteroatoms. The number of para-hydroxylation sites is 2. The van der Waals surface area contributed by atoms with Gasteiger partial charge in [-0.05, 0) is 50.1 Å². The fraction of sp³-hybridized carbons (Fsp3) is 0.318. The zero-order valence-corrected chi connectivity index (χ0v) is 16.7. The molecule has 2 amide bonds. The molecule has 0 unspecified atom stereocenters. The number of esters is 1. The molecule has 1 atom stereocenters. The second-order valence-corrected chi connectivity index (χ2v) is 7.10. The van der Waals surface area contributed by atoms with E-state index in [2.05, 4.69) is 5.32 Å². The molecule has 0 saturated carbocycles. The predicted molar refractivity (Wildman–Crippen MR) is 109 cm³/mol. The molecule has 7 nitrogen and oxygen atoms in total. The molecule has 0 aromatic heterocycles. The molecule has 0 fully saturated rings. The summed E-state index contributed by atoms with van der Waals surface area (Å²) in [6.07, 6.45) is 0.157. The van der Waals surface area contributed by atoms with Crippen LogP contribution in [0.2, 0.25) is 0 Å². The van der Waals surface area contributed by atoms with Gasteiger partial charge in [-0.2, -0.15) is 0 Å². The Balaban J connectivity index is 1.61. The molecule has 1 heterocycles. The van der Waals surface area contributed by atoms with Gasteiger partial charge in [0.1, 0.15) is 5.75 Å². The van der Waals surface area contributed by atoms with Gasteiger partial charge in [0.15, 0.2) is 13.2 Å². The Hall–Kier alpha value is -3.35. The van der Waals surface area contributed by atoms with Gasteiger partial charge in [-0.15, -0.1) is 0 Å². The maximum atomic E-state index is 12.8. The van der Waals surface area contributed by atoms with Crippen molar-refractivity contribution in [2.24, 2.45) is 0 Å². The Bertz CT molecular complexity index is 941. The number of benzene rings is 2. The molecular formula is C22H24N2O5. The van der Waals surface area contributed by atoms with Crippen LogP contribution in [0, 0.1) is 13.8 Å². The first-order valence-electron chi connectivity index (χ1n) is 9.42. The van der Waals surface area contributed by atoms with Crippen LogP contribution in [0.3, 0.4) is 0 Å². The largest absolute Gasteiger partial charge is 0.482 e. The van der Waals surface area contributed by atoms with Crippen LogP contribution in [0.1, 0.15) is 24.5 Å². The van der Waals surface area contributed by atoms with E-state index in [4.69, 9.17) is 9.47 Å². The van der Waals surface area contributed by atoms with Crippen LogP contribution in [0.5, 0.6) is 5.75 Å². The molecule has 0 saturated heterocycles. The van der Waals surface area contributed by atoms with Crippen LogP contribution in [0.4, 0.5) is 11.4 Å². The third kappa shape index (κ3) is 4.93. The second-order valence-electron chi connectivity index (χ2n) is 7.10. The van der Waals surface area contributed by atoms with Gasteiger partial charge in [-0.3, -0.25) is 9.59 Å². The van der Waals surface area contributed by atoms with Crippen molar-refractivity contribution in [2.45, 2.75) is 33.2 Å². The highest BCUT2D eigenvalue weighted by Gasteiger charge is 2.30. The van der Waals surface area contributed by atoms with E-state index in [0.717, 1.165) is 11.1 Å². The van der Waals surface area contributed by atoms with Gasteiger partial charge in [-0.1, -0.05) is 24.3 Å². The van der Waals surface area contributed by atoms with Gasteiger partial charge in [-0.25, -0.2) is 4.79 Å². The van der Waals surface area contributed by atoms with Crippen LogP contribution in [-0.4, -0.2) is 37.0 Å². The number of carbonyl (C=O) groups is 3. The van der Waals surface area contributed by atoms with Crippen molar-refractivity contribution in [1.29, 1.82) is 0 Å². The number of carbonyl (C=O) groups excluding carboxylic acids is 3. The second kappa shape index (κ2) is 8.77. The van der Waals surface area contributed by atoms with Crippen molar-refractivity contribution in [2.75, 3.05) is 23.4 Å². The standard InChI is InChI=1S/C22H24N2O5/c1-14-8-9-15(2)19(10-14)28-13-22(27)29-12-21(26)24-16(3)11-20(25)23-17-6-4-5-7-18(17)24/h4-10,16H,11-13H2,1-3H3,(H,23,25)/t16-/m1/s1. The number of aryl methyl sites for hydroxylation is 2. The number of ether oxygens (including phenoxy) is 2. The molecule has 0 radical (unpaired) electrons. The molecule has 29 heavy (non-hydrogen) atoms. The number of fused-ring (bicyclic) bond motifs is 1. The van der Waals surface area contributed by atoms with Crippen LogP contribution in [0.25, 0.3) is 0 Å². The molecule has 0 aliphatic carbocycles. The van der Waals surface area contributed by atoms with E-state index < -0.39 is 18.5 Å². The maximum absolute atomic E-state index is 12.8. The molecule has 2 aromatic carbocycles. The Labute approximate surface area is 169 Å². The molecule has 0 bridgehead atoms. The van der Waals surface area contributed by atoms with Crippen LogP contribution in [-0.2, 0) is 19.1 Å². The van der Waals surface area contributed by atoms with Crippen LogP contribution >= 0.6 is 0 Å². The molecule has 0 spiro atoms. The van der Waals surface area contributed by atoms with Gasteiger partial charge in [0.2, 0.25) is 5.91 Å². The monoisotopic (exact) mass is 396 g/mol. The molecule has 3 rings (SSSR count). The van der Waals surface area contributed by atoms with Crippen LogP contribution < -0.4 is 15.0 Å². The lowest BCUT2D eigenvalue weighted by atomic mass is 10.1. The quantitative estimate of drug-likeness (QED) is 0.786. The summed E-state index contributed by atoms with van der Waals surface area (Å²) in [4.78, 5) is 38.3. The molecule has 1 aliphatic rings. The number of rotatable bonds is 5. The minimum atomic E-state index is -0.635. The predicted octanol–water partition coefficient (Wildman–Crippen LogP) is 2.99. The number of hydrogen-bond donors (Lipinski definition) is 1. The van der Waals surface area contributed by atoms with E-state index >= 15 is 0 Å². The summed E-state index contributed by atoms with van der Waals surface area (Å²) in [6, 6.07) is 12.4. The van der Waals surface area contributed by atoms with Gasteiger partial charge in [0, 0.05) is 12.5 Å². The molecule has 152 valence electrons. The molecule has 2 aromatic rings. The first-order valence-corrected chi connectivity index (χ1v) is 9.42. The summed E-state index contributed by atoms with van der Waals surface area (Å²) in [5, 5.41) is 2.79. The van der Waals surface area contributed by atoms with Gasteiger partial charge in [0.25, 0.3) is 5.91 Å². The average molecular weight is 396 g/mol. The Morgan fingerprint density at radius 2 is 1.90 bits per heavy atom. The summed E-state index contributed by atoms with van der Waals surface area (Å²) >= 11 is 0. The Morgan fingerprint density at radius 1 is 1.14 bits per heavy atom. The van der Waals surface area contributed by atoms with Crippen LogP contribution in [0.15, 0.2) is 42.5 Å². The number of nitrogens with zero attached hydrogens (tertiary/aromatic N) is 1. The first-order chi connectivity index (χ1) is 13.8. The highest BCUT2D eigenvalue weighted by atomic mass is 16.6. The number of nitrogens with one attached hydrogen (secondary N) is 1. The molecular weight excluding hydrogens is 372 g/mol.